The summed E-state index contributed by atoms with van der Waals surface area (Å²) in [6.45, 7) is 17.3. The Balaban J connectivity index is 1.48. The lowest BCUT2D eigenvalue weighted by Crippen LogP contribution is -2.42. The monoisotopic (exact) mass is 648 g/mol. The van der Waals surface area contributed by atoms with Crippen LogP contribution in [-0.2, 0) is 9.47 Å². The van der Waals surface area contributed by atoms with Gasteiger partial charge in [-0.3, -0.25) is 0 Å². The largest absolute Gasteiger partial charge is 0.444 e. The molecule has 47 heavy (non-hydrogen) atoms. The van der Waals surface area contributed by atoms with Gasteiger partial charge in [0.05, 0.1) is 11.1 Å². The molecule has 2 unspecified atom stereocenters. The molecule has 0 spiro atoms. The topological polar surface area (TPSA) is 142 Å². The quantitative estimate of drug-likeness (QED) is 0.217. The molecule has 2 atom stereocenters. The van der Waals surface area contributed by atoms with Gasteiger partial charge in [-0.25, -0.2) is 29.5 Å². The minimum absolute atomic E-state index is 0.172. The third kappa shape index (κ3) is 9.89. The second-order valence-electron chi connectivity index (χ2n) is 14.5. The molecule has 0 saturated heterocycles. The Bertz CT molecular complexity index is 1540. The molecule has 12 heteroatoms. The number of aromatic nitrogens is 5. The predicted octanol–water partition coefficient (Wildman–Crippen LogP) is 7.03. The van der Waals surface area contributed by atoms with Gasteiger partial charge in [-0.1, -0.05) is 11.6 Å². The highest BCUT2D eigenvalue weighted by Crippen LogP contribution is 2.40. The van der Waals surface area contributed by atoms with Crippen molar-refractivity contribution in [2.75, 3.05) is 31.9 Å². The summed E-state index contributed by atoms with van der Waals surface area (Å²) in [7, 11) is 0. The van der Waals surface area contributed by atoms with Gasteiger partial charge < -0.3 is 29.6 Å². The lowest BCUT2D eigenvalue weighted by molar-refractivity contribution is 0.0186. The average Bonchev–Trinajstić information content (AvgIpc) is 3.62. The summed E-state index contributed by atoms with van der Waals surface area (Å²) < 4.78 is 13.7. The Morgan fingerprint density at radius 1 is 0.979 bits per heavy atom. The number of carbonyl (C=O) groups excluding carboxylic acids is 2. The van der Waals surface area contributed by atoms with E-state index in [-0.39, 0.29) is 24.1 Å². The summed E-state index contributed by atoms with van der Waals surface area (Å²) >= 11 is 0. The van der Waals surface area contributed by atoms with Crippen molar-refractivity contribution in [3.63, 3.8) is 0 Å². The SMILES string of the molecule is C/C=C(\C)CCN(CCCN(CC1CCC(n2cc(-c3ccncn3)c3c(N)ncnc32)C1)C(=O)OC(C)(C)C)C(=O)OC(C)(C)C. The first-order valence-corrected chi connectivity index (χ1v) is 16.6. The van der Waals surface area contributed by atoms with Crippen LogP contribution in [0.25, 0.3) is 22.3 Å². The average molecular weight is 649 g/mol. The number of ether oxygens (including phenoxy) is 2. The molecule has 0 aliphatic heterocycles. The van der Waals surface area contributed by atoms with Crippen LogP contribution in [0.5, 0.6) is 0 Å². The minimum atomic E-state index is -0.624. The van der Waals surface area contributed by atoms with E-state index in [1.165, 1.54) is 18.2 Å². The number of hydrogen-bond donors (Lipinski definition) is 1. The van der Waals surface area contributed by atoms with E-state index in [2.05, 4.69) is 43.7 Å². The van der Waals surface area contributed by atoms with Gasteiger partial charge in [-0.2, -0.15) is 0 Å². The van der Waals surface area contributed by atoms with Gasteiger partial charge in [0, 0.05) is 50.2 Å². The van der Waals surface area contributed by atoms with E-state index in [1.807, 2.05) is 59.4 Å². The van der Waals surface area contributed by atoms with Crippen molar-refractivity contribution in [1.29, 1.82) is 0 Å². The number of hydrogen-bond acceptors (Lipinski definition) is 9. The zero-order valence-electron chi connectivity index (χ0n) is 29.3. The van der Waals surface area contributed by atoms with E-state index < -0.39 is 11.2 Å². The van der Waals surface area contributed by atoms with Gasteiger partial charge in [-0.15, -0.1) is 0 Å². The zero-order valence-corrected chi connectivity index (χ0v) is 29.3. The van der Waals surface area contributed by atoms with Crippen molar-refractivity contribution in [2.24, 2.45) is 5.92 Å². The molecule has 2 N–H and O–H groups in total. The van der Waals surface area contributed by atoms with Gasteiger partial charge in [0.25, 0.3) is 0 Å². The molecular weight excluding hydrogens is 596 g/mol. The fourth-order valence-corrected chi connectivity index (χ4v) is 5.92. The maximum atomic E-state index is 13.5. The van der Waals surface area contributed by atoms with Crippen LogP contribution in [0.4, 0.5) is 15.4 Å². The van der Waals surface area contributed by atoms with Crippen molar-refractivity contribution in [2.45, 2.75) is 105 Å². The first-order valence-electron chi connectivity index (χ1n) is 16.6. The Morgan fingerprint density at radius 2 is 1.66 bits per heavy atom. The van der Waals surface area contributed by atoms with Crippen LogP contribution in [0, 0.1) is 5.92 Å². The standard InChI is InChI=1S/C35H52N8O4/c1-9-24(2)14-18-41(32(44)46-34(3,4)5)16-10-17-42(33(45)47-35(6,7)8)20-25-11-12-26(19-25)43-21-27(28-13-15-37-22-38-28)29-30(36)39-23-40-31(29)43/h9,13,15,21-23,25-26H,10-12,14,16-20H2,1-8H3,(H2,36,39,40)/b24-9+. The van der Waals surface area contributed by atoms with E-state index in [4.69, 9.17) is 15.2 Å². The molecule has 12 nitrogen and oxygen atoms in total. The summed E-state index contributed by atoms with van der Waals surface area (Å²) in [5.74, 6) is 0.667. The third-order valence-electron chi connectivity index (χ3n) is 8.31. The van der Waals surface area contributed by atoms with Crippen molar-refractivity contribution in [3.8, 4) is 11.3 Å². The van der Waals surface area contributed by atoms with E-state index in [0.29, 0.717) is 38.4 Å². The van der Waals surface area contributed by atoms with E-state index in [0.717, 1.165) is 48.0 Å². The highest BCUT2D eigenvalue weighted by atomic mass is 16.6. The highest BCUT2D eigenvalue weighted by molar-refractivity contribution is 5.99. The summed E-state index contributed by atoms with van der Waals surface area (Å²) in [5.41, 5.74) is 8.74. The lowest BCUT2D eigenvalue weighted by Gasteiger charge is -2.31. The van der Waals surface area contributed by atoms with Crippen LogP contribution >= 0.6 is 0 Å². The summed E-state index contributed by atoms with van der Waals surface area (Å²) in [4.78, 5) is 47.4. The predicted molar refractivity (Wildman–Crippen MR) is 184 cm³/mol. The van der Waals surface area contributed by atoms with Gasteiger partial charge in [0.1, 0.15) is 35.3 Å². The van der Waals surface area contributed by atoms with Crippen LogP contribution in [0.2, 0.25) is 0 Å². The molecule has 1 saturated carbocycles. The van der Waals surface area contributed by atoms with E-state index in [1.54, 1.807) is 11.1 Å². The zero-order chi connectivity index (χ0) is 34.4. The van der Waals surface area contributed by atoms with Gasteiger partial charge in [0.2, 0.25) is 0 Å². The first-order chi connectivity index (χ1) is 22.1. The van der Waals surface area contributed by atoms with Crippen molar-refractivity contribution in [3.05, 3.63) is 42.8 Å². The Kier molecular flexibility index (Phi) is 11.5. The van der Waals surface area contributed by atoms with Crippen LogP contribution in [0.3, 0.4) is 0 Å². The number of nitrogen functional groups attached to an aromatic ring is 1. The molecule has 2 amide bonds. The summed E-state index contributed by atoms with van der Waals surface area (Å²) in [6, 6.07) is 2.03. The molecule has 0 bridgehead atoms. The molecular formula is C35H52N8O4. The number of allylic oxidation sites excluding steroid dienone is 1. The number of anilines is 1. The third-order valence-corrected chi connectivity index (χ3v) is 8.31. The van der Waals surface area contributed by atoms with Crippen LogP contribution in [-0.4, -0.2) is 83.9 Å². The summed E-state index contributed by atoms with van der Waals surface area (Å²) in [5, 5.41) is 0.782. The molecule has 0 aromatic carbocycles. The molecule has 3 aromatic rings. The Labute approximate surface area is 278 Å². The fourth-order valence-electron chi connectivity index (χ4n) is 5.92. The van der Waals surface area contributed by atoms with Gasteiger partial charge in [0.15, 0.2) is 0 Å². The second kappa shape index (κ2) is 15.1. The Morgan fingerprint density at radius 3 is 2.30 bits per heavy atom. The molecule has 0 radical (unpaired) electrons. The molecule has 3 aromatic heterocycles. The number of nitrogens with zero attached hydrogens (tertiary/aromatic N) is 7. The number of nitrogens with two attached hydrogens (primary N) is 1. The Hall–Kier alpha value is -4.22. The number of amides is 2. The smallest absolute Gasteiger partial charge is 0.410 e. The lowest BCUT2D eigenvalue weighted by atomic mass is 10.1. The second-order valence-corrected chi connectivity index (χ2v) is 14.5. The van der Waals surface area contributed by atoms with Gasteiger partial charge in [-0.05, 0) is 99.5 Å². The maximum absolute atomic E-state index is 13.5. The van der Waals surface area contributed by atoms with E-state index in [9.17, 15) is 9.59 Å². The number of fused-ring (bicyclic) bond motifs is 1. The fraction of sp³-hybridized carbons (Fsp3) is 0.600. The molecule has 3 heterocycles. The highest BCUT2D eigenvalue weighted by Gasteiger charge is 2.32. The normalized spacial score (nSPS) is 17.1. The molecule has 256 valence electrons. The minimum Gasteiger partial charge on any atom is -0.444 e. The molecule has 1 aliphatic rings. The van der Waals surface area contributed by atoms with Crippen LogP contribution in [0.15, 0.2) is 42.8 Å². The number of carbonyl (C=O) groups is 2. The molecule has 4 rings (SSSR count). The molecule has 1 aliphatic carbocycles. The maximum Gasteiger partial charge on any atom is 0.410 e. The van der Waals surface area contributed by atoms with Crippen molar-refractivity contribution >= 4 is 29.0 Å². The first kappa shape index (κ1) is 35.6. The number of rotatable bonds is 11. The van der Waals surface area contributed by atoms with Crippen molar-refractivity contribution in [1.82, 2.24) is 34.3 Å². The van der Waals surface area contributed by atoms with Crippen LogP contribution in [0.1, 0.15) is 93.5 Å². The molecule has 1 fully saturated rings. The van der Waals surface area contributed by atoms with Crippen molar-refractivity contribution < 1.29 is 19.1 Å². The van der Waals surface area contributed by atoms with Gasteiger partial charge >= 0.3 is 12.2 Å². The van der Waals surface area contributed by atoms with E-state index >= 15 is 0 Å². The summed E-state index contributed by atoms with van der Waals surface area (Å²) in [6.07, 6.45) is 12.3. The van der Waals surface area contributed by atoms with Crippen LogP contribution < -0.4 is 5.73 Å².